The van der Waals surface area contributed by atoms with Crippen molar-refractivity contribution in [2.24, 2.45) is 0 Å². The van der Waals surface area contributed by atoms with Crippen LogP contribution in [0.15, 0.2) is 36.1 Å². The molecule has 3 N–H and O–H groups in total. The number of aromatic amines is 1. The van der Waals surface area contributed by atoms with E-state index in [2.05, 4.69) is 10.2 Å². The summed E-state index contributed by atoms with van der Waals surface area (Å²) in [5.41, 5.74) is 2.08. The molecule has 0 bridgehead atoms. The highest BCUT2D eigenvalue weighted by molar-refractivity contribution is 6.33. The molecule has 2 aliphatic rings. The van der Waals surface area contributed by atoms with Gasteiger partial charge in [0.05, 0.1) is 27.4 Å². The van der Waals surface area contributed by atoms with Crippen molar-refractivity contribution in [2.75, 3.05) is 26.2 Å². The van der Waals surface area contributed by atoms with E-state index < -0.39 is 6.09 Å². The SMILES string of the molecule is O=C1/C(=C/c2n[nH]c3ccccc23)Oc2c1cc(Cl)c(O)c2CN1CCN(C(=O)O)CC1. The highest BCUT2D eigenvalue weighted by Gasteiger charge is 2.34. The van der Waals surface area contributed by atoms with E-state index in [1.165, 1.54) is 11.0 Å². The molecule has 3 aromatic rings. The molecule has 164 valence electrons. The van der Waals surface area contributed by atoms with Gasteiger partial charge in [-0.2, -0.15) is 5.10 Å². The summed E-state index contributed by atoms with van der Waals surface area (Å²) in [5.74, 6) is -0.129. The van der Waals surface area contributed by atoms with Crippen molar-refractivity contribution in [3.05, 3.63) is 57.9 Å². The minimum absolute atomic E-state index is 0.0614. The number of ether oxygens (including phenoxy) is 1. The molecule has 10 heteroatoms. The molecule has 0 radical (unpaired) electrons. The molecule has 2 aliphatic heterocycles. The van der Waals surface area contributed by atoms with Crippen LogP contribution in [0.1, 0.15) is 21.6 Å². The Kier molecular flexibility index (Phi) is 4.99. The summed E-state index contributed by atoms with van der Waals surface area (Å²) in [6.07, 6.45) is 0.618. The number of hydrogen-bond donors (Lipinski definition) is 3. The van der Waals surface area contributed by atoms with Gasteiger partial charge in [0, 0.05) is 44.2 Å². The Balaban J connectivity index is 1.46. The minimum Gasteiger partial charge on any atom is -0.506 e. The number of carbonyl (C=O) groups excluding carboxylic acids is 1. The maximum Gasteiger partial charge on any atom is 0.407 e. The number of aromatic nitrogens is 2. The maximum atomic E-state index is 13.0. The van der Waals surface area contributed by atoms with Gasteiger partial charge in [-0.25, -0.2) is 4.79 Å². The molecule has 0 aliphatic carbocycles. The first-order valence-corrected chi connectivity index (χ1v) is 10.4. The van der Waals surface area contributed by atoms with E-state index in [1.54, 1.807) is 6.08 Å². The van der Waals surface area contributed by atoms with Crippen LogP contribution in [-0.2, 0) is 6.54 Å². The van der Waals surface area contributed by atoms with Crippen molar-refractivity contribution in [1.82, 2.24) is 20.0 Å². The lowest BCUT2D eigenvalue weighted by molar-refractivity contribution is 0.101. The van der Waals surface area contributed by atoms with Gasteiger partial charge >= 0.3 is 6.09 Å². The first-order chi connectivity index (χ1) is 15.4. The van der Waals surface area contributed by atoms with Crippen LogP contribution in [0, 0.1) is 0 Å². The van der Waals surface area contributed by atoms with Crippen molar-refractivity contribution < 1.29 is 24.5 Å². The van der Waals surface area contributed by atoms with Crippen LogP contribution in [-0.4, -0.2) is 68.3 Å². The molecule has 2 aromatic carbocycles. The number of carboxylic acid groups (broad SMARTS) is 1. The first-order valence-electron chi connectivity index (χ1n) is 10.0. The van der Waals surface area contributed by atoms with Gasteiger partial charge in [-0.3, -0.25) is 14.8 Å². The number of benzene rings is 2. The Hall–Kier alpha value is -3.56. The zero-order valence-corrected chi connectivity index (χ0v) is 17.6. The third-order valence-corrected chi connectivity index (χ3v) is 6.06. The van der Waals surface area contributed by atoms with Crippen molar-refractivity contribution in [2.45, 2.75) is 6.54 Å². The molecule has 5 rings (SSSR count). The molecule has 0 atom stereocenters. The van der Waals surface area contributed by atoms with E-state index in [-0.39, 0.29) is 40.2 Å². The van der Waals surface area contributed by atoms with Crippen LogP contribution in [0.3, 0.4) is 0 Å². The number of fused-ring (bicyclic) bond motifs is 2. The fraction of sp³-hybridized carbons (Fsp3) is 0.227. The Morgan fingerprint density at radius 1 is 1.25 bits per heavy atom. The number of piperazine rings is 1. The summed E-state index contributed by atoms with van der Waals surface area (Å²) in [6.45, 7) is 1.96. The summed E-state index contributed by atoms with van der Waals surface area (Å²) in [6, 6.07) is 8.95. The third-order valence-electron chi connectivity index (χ3n) is 5.77. The second-order valence-electron chi connectivity index (χ2n) is 7.70. The number of carbonyl (C=O) groups is 2. The second kappa shape index (κ2) is 7.85. The summed E-state index contributed by atoms with van der Waals surface area (Å²) in [7, 11) is 0. The van der Waals surface area contributed by atoms with Crippen LogP contribution in [0.25, 0.3) is 17.0 Å². The average Bonchev–Trinajstić information content (AvgIpc) is 3.33. The van der Waals surface area contributed by atoms with Gasteiger partial charge in [0.15, 0.2) is 5.76 Å². The van der Waals surface area contributed by atoms with Crippen LogP contribution < -0.4 is 4.74 Å². The van der Waals surface area contributed by atoms with Crippen LogP contribution in [0.2, 0.25) is 5.02 Å². The first kappa shape index (κ1) is 20.3. The average molecular weight is 455 g/mol. The van der Waals surface area contributed by atoms with Gasteiger partial charge in [0.2, 0.25) is 5.78 Å². The number of nitrogens with one attached hydrogen (secondary N) is 1. The monoisotopic (exact) mass is 454 g/mol. The molecular weight excluding hydrogens is 436 g/mol. The van der Waals surface area contributed by atoms with Crippen molar-refractivity contribution in [1.29, 1.82) is 0 Å². The van der Waals surface area contributed by atoms with Gasteiger partial charge in [0.25, 0.3) is 0 Å². The molecule has 9 nitrogen and oxygen atoms in total. The largest absolute Gasteiger partial charge is 0.506 e. The normalized spacial score (nSPS) is 17.7. The number of hydrogen-bond acceptors (Lipinski definition) is 6. The van der Waals surface area contributed by atoms with Crippen molar-refractivity contribution in [3.8, 4) is 11.5 Å². The topological polar surface area (TPSA) is 119 Å². The standard InChI is InChI=1S/C22H19ClN4O5/c23-15-9-13-20(29)18(10-17-12-3-1-2-4-16(12)24-25-17)32-21(13)14(19(15)28)11-26-5-7-27(8-6-26)22(30)31/h1-4,9-10,28H,5-8,11H2,(H,24,25)(H,30,31)/b18-10-. The highest BCUT2D eigenvalue weighted by atomic mass is 35.5. The summed E-state index contributed by atoms with van der Waals surface area (Å²) in [5, 5.41) is 27.8. The van der Waals surface area contributed by atoms with E-state index in [9.17, 15) is 14.7 Å². The Morgan fingerprint density at radius 3 is 2.75 bits per heavy atom. The Labute approximate surface area is 187 Å². The second-order valence-corrected chi connectivity index (χ2v) is 8.11. The smallest absolute Gasteiger partial charge is 0.407 e. The predicted molar refractivity (Wildman–Crippen MR) is 117 cm³/mol. The summed E-state index contributed by atoms with van der Waals surface area (Å²) < 4.78 is 5.92. The number of halogens is 1. The van der Waals surface area contributed by atoms with Crippen molar-refractivity contribution >= 4 is 40.5 Å². The number of H-pyrrole nitrogens is 1. The van der Waals surface area contributed by atoms with E-state index >= 15 is 0 Å². The minimum atomic E-state index is -0.953. The lowest BCUT2D eigenvalue weighted by Crippen LogP contribution is -2.47. The lowest BCUT2D eigenvalue weighted by Gasteiger charge is -2.33. The van der Waals surface area contributed by atoms with Gasteiger partial charge in [-0.15, -0.1) is 0 Å². The number of phenolic OH excluding ortho intramolecular Hbond substituents is 1. The van der Waals surface area contributed by atoms with Crippen LogP contribution in [0.5, 0.6) is 11.5 Å². The van der Waals surface area contributed by atoms with E-state index in [0.29, 0.717) is 37.4 Å². The van der Waals surface area contributed by atoms with Gasteiger partial charge in [0.1, 0.15) is 11.5 Å². The Bertz CT molecular complexity index is 1280. The lowest BCUT2D eigenvalue weighted by atomic mass is 10.0. The number of rotatable bonds is 3. The molecule has 0 unspecified atom stereocenters. The van der Waals surface area contributed by atoms with Crippen LogP contribution in [0.4, 0.5) is 4.79 Å². The van der Waals surface area contributed by atoms with E-state index in [4.69, 9.17) is 21.4 Å². The van der Waals surface area contributed by atoms with Crippen molar-refractivity contribution in [3.63, 3.8) is 0 Å². The molecule has 1 aromatic heterocycles. The fourth-order valence-corrected chi connectivity index (χ4v) is 4.25. The third kappa shape index (κ3) is 3.45. The number of allylic oxidation sites excluding steroid dienone is 1. The Morgan fingerprint density at radius 2 is 2.00 bits per heavy atom. The number of aromatic hydroxyl groups is 1. The maximum absolute atomic E-state index is 13.0. The number of nitrogens with zero attached hydrogens (tertiary/aromatic N) is 3. The molecule has 3 heterocycles. The van der Waals surface area contributed by atoms with Gasteiger partial charge in [-0.1, -0.05) is 29.8 Å². The molecular formula is C22H19ClN4O5. The molecule has 1 amide bonds. The molecule has 0 spiro atoms. The zero-order chi connectivity index (χ0) is 22.4. The molecule has 1 fully saturated rings. The number of phenols is 1. The predicted octanol–water partition coefficient (Wildman–Crippen LogP) is 3.33. The van der Waals surface area contributed by atoms with Crippen LogP contribution >= 0.6 is 11.6 Å². The number of para-hydroxylation sites is 1. The number of Topliss-reactive ketones (excluding diaryl/α,β-unsaturated/α-hetero) is 1. The van der Waals surface area contributed by atoms with E-state index in [1.807, 2.05) is 29.2 Å². The quantitative estimate of drug-likeness (QED) is 0.519. The highest BCUT2D eigenvalue weighted by Crippen LogP contribution is 2.44. The zero-order valence-electron chi connectivity index (χ0n) is 16.8. The summed E-state index contributed by atoms with van der Waals surface area (Å²) in [4.78, 5) is 27.5. The summed E-state index contributed by atoms with van der Waals surface area (Å²) >= 11 is 6.21. The number of amides is 1. The van der Waals surface area contributed by atoms with E-state index in [0.717, 1.165) is 10.9 Å². The number of ketones is 1. The molecule has 0 saturated carbocycles. The fourth-order valence-electron chi connectivity index (χ4n) is 4.03. The molecule has 32 heavy (non-hydrogen) atoms. The molecule has 1 saturated heterocycles. The van der Waals surface area contributed by atoms with Gasteiger partial charge < -0.3 is 19.8 Å². The van der Waals surface area contributed by atoms with Gasteiger partial charge in [-0.05, 0) is 12.1 Å².